The van der Waals surface area contributed by atoms with E-state index in [0.717, 1.165) is 36.6 Å². The number of pyridine rings is 1. The lowest BCUT2D eigenvalue weighted by molar-refractivity contribution is 0.563. The maximum Gasteiger partial charge on any atom is 0.278 e. The largest absolute Gasteiger partial charge is 0.323 e. The van der Waals surface area contributed by atoms with Crippen LogP contribution < -0.4 is 16.2 Å². The van der Waals surface area contributed by atoms with E-state index >= 15 is 0 Å². The van der Waals surface area contributed by atoms with Gasteiger partial charge in [-0.1, -0.05) is 38.4 Å². The van der Waals surface area contributed by atoms with Gasteiger partial charge in [-0.05, 0) is 48.4 Å². The van der Waals surface area contributed by atoms with Crippen LogP contribution in [0.3, 0.4) is 0 Å². The highest BCUT2D eigenvalue weighted by Crippen LogP contribution is 2.30. The third kappa shape index (κ3) is 4.35. The highest BCUT2D eigenvalue weighted by Gasteiger charge is 2.21. The summed E-state index contributed by atoms with van der Waals surface area (Å²) < 4.78 is 3.41. The average Bonchev–Trinajstić information content (AvgIpc) is 3.10. The van der Waals surface area contributed by atoms with Crippen molar-refractivity contribution in [1.29, 1.82) is 0 Å². The molecule has 0 spiro atoms. The zero-order chi connectivity index (χ0) is 24.7. The summed E-state index contributed by atoms with van der Waals surface area (Å²) in [4.78, 5) is 26.9. The van der Waals surface area contributed by atoms with Crippen molar-refractivity contribution in [2.45, 2.75) is 45.7 Å². The summed E-state index contributed by atoms with van der Waals surface area (Å²) in [6.07, 6.45) is 5.95. The van der Waals surface area contributed by atoms with Crippen molar-refractivity contribution in [3.05, 3.63) is 81.5 Å². The maximum atomic E-state index is 13.2. The number of hydrogen-bond donors (Lipinski definition) is 2. The number of anilines is 2. The molecule has 1 aromatic carbocycles. The summed E-state index contributed by atoms with van der Waals surface area (Å²) in [7, 11) is 0. The number of nitrogens with zero attached hydrogens (tertiary/aromatic N) is 5. The number of fused-ring (bicyclic) bond motifs is 2. The van der Waals surface area contributed by atoms with E-state index in [2.05, 4.69) is 48.0 Å². The molecule has 8 nitrogen and oxygen atoms in total. The molecule has 0 saturated heterocycles. The molecule has 1 aliphatic heterocycles. The number of nitrogens with one attached hydrogen (secondary N) is 2. The van der Waals surface area contributed by atoms with Crippen LogP contribution in [0.15, 0.2) is 54.1 Å². The third-order valence-corrected chi connectivity index (χ3v) is 6.47. The third-order valence-electron chi connectivity index (χ3n) is 6.16. The molecular formula is C26H28ClN7O. The molecule has 4 heterocycles. The quantitative estimate of drug-likeness (QED) is 0.401. The minimum Gasteiger partial charge on any atom is -0.323 e. The van der Waals surface area contributed by atoms with E-state index in [0.29, 0.717) is 28.5 Å². The molecule has 0 saturated carbocycles. The Balaban J connectivity index is 1.64. The zero-order valence-corrected chi connectivity index (χ0v) is 20.9. The van der Waals surface area contributed by atoms with Crippen LogP contribution >= 0.6 is 11.6 Å². The lowest BCUT2D eigenvalue weighted by Gasteiger charge is -2.20. The van der Waals surface area contributed by atoms with E-state index in [9.17, 15) is 4.79 Å². The van der Waals surface area contributed by atoms with Gasteiger partial charge in [0, 0.05) is 30.0 Å². The second-order valence-electron chi connectivity index (χ2n) is 9.72. The Labute approximate surface area is 208 Å². The topological polar surface area (TPSA) is 89.7 Å². The fourth-order valence-electron chi connectivity index (χ4n) is 4.32. The summed E-state index contributed by atoms with van der Waals surface area (Å²) in [5.41, 5.74) is 5.05. The number of benzene rings is 1. The lowest BCUT2D eigenvalue weighted by Crippen LogP contribution is -2.23. The van der Waals surface area contributed by atoms with E-state index in [4.69, 9.17) is 16.6 Å². The van der Waals surface area contributed by atoms with Gasteiger partial charge in [0.1, 0.15) is 5.39 Å². The molecule has 3 aromatic heterocycles. The molecule has 5 rings (SSSR count). The van der Waals surface area contributed by atoms with Gasteiger partial charge < -0.3 is 10.6 Å². The molecule has 1 aliphatic rings. The van der Waals surface area contributed by atoms with Crippen LogP contribution in [0.2, 0.25) is 5.02 Å². The molecule has 35 heavy (non-hydrogen) atoms. The monoisotopic (exact) mass is 489 g/mol. The zero-order valence-electron chi connectivity index (χ0n) is 20.1. The first-order chi connectivity index (χ1) is 16.8. The van der Waals surface area contributed by atoms with Crippen molar-refractivity contribution >= 4 is 34.3 Å². The molecule has 0 amide bonds. The Morgan fingerprint density at radius 1 is 1.23 bits per heavy atom. The Hall–Kier alpha value is -3.49. The van der Waals surface area contributed by atoms with Crippen molar-refractivity contribution in [2.75, 3.05) is 11.9 Å². The van der Waals surface area contributed by atoms with E-state index in [1.165, 1.54) is 11.1 Å². The Bertz CT molecular complexity index is 1500. The molecule has 0 atom stereocenters. The molecule has 0 unspecified atom stereocenters. The molecule has 0 aliphatic carbocycles. The van der Waals surface area contributed by atoms with Crippen LogP contribution in [0.5, 0.6) is 0 Å². The Kier molecular flexibility index (Phi) is 5.94. The Morgan fingerprint density at radius 3 is 2.83 bits per heavy atom. The SMILES string of the molecule is C=CCn1c(=O)c2cnc(Nc3cc4c(cc3Cl)CCNC4)nc2n1-c1ccnc(C(C)(C)C)c1. The fraction of sp³-hybridized carbons (Fsp3) is 0.308. The van der Waals surface area contributed by atoms with Crippen LogP contribution in [0.25, 0.3) is 16.7 Å². The average molecular weight is 490 g/mol. The predicted octanol–water partition coefficient (Wildman–Crippen LogP) is 4.50. The smallest absolute Gasteiger partial charge is 0.278 e. The van der Waals surface area contributed by atoms with E-state index in [1.54, 1.807) is 23.2 Å². The van der Waals surface area contributed by atoms with Crippen LogP contribution in [0.4, 0.5) is 11.6 Å². The molecule has 9 heteroatoms. The summed E-state index contributed by atoms with van der Waals surface area (Å²) in [5, 5.41) is 7.67. The highest BCUT2D eigenvalue weighted by molar-refractivity contribution is 6.33. The first-order valence-corrected chi connectivity index (χ1v) is 12.0. The minimum atomic E-state index is -0.182. The first-order valence-electron chi connectivity index (χ1n) is 11.6. The molecule has 0 fully saturated rings. The number of rotatable bonds is 5. The van der Waals surface area contributed by atoms with E-state index < -0.39 is 0 Å². The molecule has 0 radical (unpaired) electrons. The molecule has 2 N–H and O–H groups in total. The predicted molar refractivity (Wildman–Crippen MR) is 140 cm³/mol. The first kappa shape index (κ1) is 23.3. The van der Waals surface area contributed by atoms with Crippen molar-refractivity contribution in [2.24, 2.45) is 0 Å². The standard InChI is InChI=1S/C26H28ClN7O/c1-5-10-33-24(35)19-15-30-25(31-21-12-17-14-28-8-6-16(17)11-20(21)27)32-23(19)34(33)18-7-9-29-22(13-18)26(2,3)4/h5,7,9,11-13,15,28H,1,6,8,10,14H2,2-4H3,(H,30,31,32). The fourth-order valence-corrected chi connectivity index (χ4v) is 4.55. The van der Waals surface area contributed by atoms with Crippen LogP contribution in [0.1, 0.15) is 37.6 Å². The second-order valence-corrected chi connectivity index (χ2v) is 10.1. The van der Waals surface area contributed by atoms with Crippen molar-refractivity contribution in [3.63, 3.8) is 0 Å². The number of hydrogen-bond acceptors (Lipinski definition) is 6. The summed E-state index contributed by atoms with van der Waals surface area (Å²) >= 11 is 6.57. The van der Waals surface area contributed by atoms with Crippen molar-refractivity contribution < 1.29 is 0 Å². The van der Waals surface area contributed by atoms with E-state index in [-0.39, 0.29) is 11.0 Å². The highest BCUT2D eigenvalue weighted by atomic mass is 35.5. The van der Waals surface area contributed by atoms with Gasteiger partial charge >= 0.3 is 0 Å². The van der Waals surface area contributed by atoms with E-state index in [1.807, 2.05) is 28.9 Å². The Morgan fingerprint density at radius 2 is 2.06 bits per heavy atom. The number of aromatic nitrogens is 5. The summed E-state index contributed by atoms with van der Waals surface area (Å²) in [6, 6.07) is 7.89. The van der Waals surface area contributed by atoms with Crippen molar-refractivity contribution in [3.8, 4) is 5.69 Å². The van der Waals surface area contributed by atoms with Crippen molar-refractivity contribution in [1.82, 2.24) is 29.6 Å². The van der Waals surface area contributed by atoms with Gasteiger partial charge in [-0.15, -0.1) is 6.58 Å². The van der Waals surface area contributed by atoms with Crippen LogP contribution in [-0.4, -0.2) is 30.9 Å². The minimum absolute atomic E-state index is 0.151. The van der Waals surface area contributed by atoms with Gasteiger partial charge in [-0.2, -0.15) is 4.98 Å². The molecule has 0 bridgehead atoms. The van der Waals surface area contributed by atoms with Crippen LogP contribution in [-0.2, 0) is 24.9 Å². The lowest BCUT2D eigenvalue weighted by atomic mass is 9.91. The summed E-state index contributed by atoms with van der Waals surface area (Å²) in [6.45, 7) is 12.2. The van der Waals surface area contributed by atoms with Gasteiger partial charge in [0.15, 0.2) is 5.65 Å². The molecule has 180 valence electrons. The normalized spacial score (nSPS) is 13.6. The van der Waals surface area contributed by atoms with Gasteiger partial charge in [0.2, 0.25) is 5.95 Å². The molecular weight excluding hydrogens is 462 g/mol. The van der Waals surface area contributed by atoms with Gasteiger partial charge in [-0.25, -0.2) is 14.3 Å². The van der Waals surface area contributed by atoms with Gasteiger partial charge in [-0.3, -0.25) is 9.78 Å². The van der Waals surface area contributed by atoms with Gasteiger partial charge in [0.05, 0.1) is 22.9 Å². The summed E-state index contributed by atoms with van der Waals surface area (Å²) in [5.74, 6) is 0.359. The van der Waals surface area contributed by atoms with Crippen LogP contribution in [0, 0.1) is 0 Å². The number of allylic oxidation sites excluding steroid dienone is 1. The maximum absolute atomic E-state index is 13.2. The van der Waals surface area contributed by atoms with Gasteiger partial charge in [0.25, 0.3) is 5.56 Å². The molecule has 4 aromatic rings. The number of halogens is 1. The second kappa shape index (κ2) is 8.94.